The molecule has 0 bridgehead atoms. The van der Waals surface area contributed by atoms with E-state index in [4.69, 9.17) is 0 Å². The molecule has 1 aromatic rings. The molecular formula is C17H28N4O. The molecule has 22 heavy (non-hydrogen) atoms. The molecule has 2 atom stereocenters. The molecule has 3 rings (SSSR count). The first-order chi connectivity index (χ1) is 10.4. The van der Waals surface area contributed by atoms with Crippen LogP contribution in [0.4, 0.5) is 0 Å². The Hall–Kier alpha value is -1.36. The normalized spacial score (nSPS) is 27.3. The van der Waals surface area contributed by atoms with E-state index in [0.717, 1.165) is 51.1 Å². The molecule has 2 saturated heterocycles. The molecule has 0 saturated carbocycles. The Morgan fingerprint density at radius 3 is 2.77 bits per heavy atom. The average Bonchev–Trinajstić information content (AvgIpc) is 2.82. The summed E-state index contributed by atoms with van der Waals surface area (Å²) in [6.45, 7) is 10.2. The standard InChI is InChI=1S/C17H28N4O/c1-5-14(3)21-12-17(16(21)22)7-6-8-20(11-17)10-15-9-13(2)18-19(15)4/h9,14H,5-8,10-12H2,1-4H3/t14-,17-/m1/s1. The van der Waals surface area contributed by atoms with E-state index < -0.39 is 0 Å². The van der Waals surface area contributed by atoms with Crippen molar-refractivity contribution in [3.63, 3.8) is 0 Å². The summed E-state index contributed by atoms with van der Waals surface area (Å²) in [6.07, 6.45) is 3.22. The molecule has 0 radical (unpaired) electrons. The highest BCUT2D eigenvalue weighted by Gasteiger charge is 2.54. The Kier molecular flexibility index (Phi) is 4.02. The average molecular weight is 304 g/mol. The van der Waals surface area contributed by atoms with Crippen LogP contribution in [0.1, 0.15) is 44.5 Å². The maximum Gasteiger partial charge on any atom is 0.232 e. The monoisotopic (exact) mass is 304 g/mol. The summed E-state index contributed by atoms with van der Waals surface area (Å²) in [6, 6.07) is 2.53. The quantitative estimate of drug-likeness (QED) is 0.799. The molecule has 2 aliphatic heterocycles. The van der Waals surface area contributed by atoms with Gasteiger partial charge in [-0.3, -0.25) is 14.4 Å². The van der Waals surface area contributed by atoms with Crippen molar-refractivity contribution in [1.29, 1.82) is 0 Å². The highest BCUT2D eigenvalue weighted by Crippen LogP contribution is 2.42. The van der Waals surface area contributed by atoms with Gasteiger partial charge in [-0.1, -0.05) is 6.92 Å². The first-order valence-electron chi connectivity index (χ1n) is 8.48. The predicted molar refractivity (Wildman–Crippen MR) is 86.4 cm³/mol. The molecular weight excluding hydrogens is 276 g/mol. The molecule has 1 amide bonds. The van der Waals surface area contributed by atoms with E-state index in [2.05, 4.69) is 34.8 Å². The number of β-lactam (4-membered cyclic amide) rings is 1. The van der Waals surface area contributed by atoms with Crippen molar-refractivity contribution >= 4 is 5.91 Å². The van der Waals surface area contributed by atoms with Crippen LogP contribution in [-0.4, -0.2) is 51.2 Å². The van der Waals surface area contributed by atoms with Gasteiger partial charge >= 0.3 is 0 Å². The summed E-state index contributed by atoms with van der Waals surface area (Å²) in [4.78, 5) is 17.2. The molecule has 0 aromatic carbocycles. The number of hydrogen-bond acceptors (Lipinski definition) is 3. The van der Waals surface area contributed by atoms with Gasteiger partial charge in [0.2, 0.25) is 5.91 Å². The molecule has 1 aromatic heterocycles. The maximum absolute atomic E-state index is 12.7. The number of piperidine rings is 1. The van der Waals surface area contributed by atoms with Gasteiger partial charge in [-0.05, 0) is 45.7 Å². The number of aromatic nitrogens is 2. The number of likely N-dealkylation sites (tertiary alicyclic amines) is 2. The molecule has 3 heterocycles. The summed E-state index contributed by atoms with van der Waals surface area (Å²) in [5.74, 6) is 0.382. The Morgan fingerprint density at radius 2 is 2.18 bits per heavy atom. The summed E-state index contributed by atoms with van der Waals surface area (Å²) in [5, 5.41) is 4.42. The number of carbonyl (C=O) groups excluding carboxylic acids is 1. The molecule has 0 unspecified atom stereocenters. The second kappa shape index (κ2) is 5.69. The minimum atomic E-state index is -0.102. The maximum atomic E-state index is 12.7. The minimum absolute atomic E-state index is 0.102. The number of rotatable bonds is 4. The van der Waals surface area contributed by atoms with Gasteiger partial charge in [0.15, 0.2) is 0 Å². The first kappa shape index (κ1) is 15.5. The lowest BCUT2D eigenvalue weighted by atomic mass is 9.71. The van der Waals surface area contributed by atoms with Crippen molar-refractivity contribution in [3.05, 3.63) is 17.5 Å². The lowest BCUT2D eigenvalue weighted by Crippen LogP contribution is -2.68. The zero-order valence-electron chi connectivity index (χ0n) is 14.3. The second-order valence-corrected chi connectivity index (χ2v) is 7.19. The summed E-state index contributed by atoms with van der Waals surface area (Å²) in [7, 11) is 2.00. The number of hydrogen-bond donors (Lipinski definition) is 0. The third kappa shape index (κ3) is 2.56. The van der Waals surface area contributed by atoms with E-state index in [9.17, 15) is 4.79 Å². The third-order valence-corrected chi connectivity index (χ3v) is 5.45. The molecule has 2 fully saturated rings. The summed E-state index contributed by atoms with van der Waals surface area (Å²) in [5.41, 5.74) is 2.20. The Labute approximate surface area is 133 Å². The minimum Gasteiger partial charge on any atom is -0.338 e. The van der Waals surface area contributed by atoms with Crippen LogP contribution < -0.4 is 0 Å². The Morgan fingerprint density at radius 1 is 1.41 bits per heavy atom. The highest BCUT2D eigenvalue weighted by molar-refractivity contribution is 5.89. The van der Waals surface area contributed by atoms with Crippen LogP contribution in [0.15, 0.2) is 6.07 Å². The molecule has 0 aliphatic carbocycles. The Bertz CT molecular complexity index is 567. The van der Waals surface area contributed by atoms with Gasteiger partial charge in [-0.15, -0.1) is 0 Å². The van der Waals surface area contributed by atoms with Gasteiger partial charge in [0.1, 0.15) is 0 Å². The highest BCUT2D eigenvalue weighted by atomic mass is 16.2. The van der Waals surface area contributed by atoms with Crippen molar-refractivity contribution < 1.29 is 4.79 Å². The third-order valence-electron chi connectivity index (χ3n) is 5.45. The molecule has 0 N–H and O–H groups in total. The number of amides is 1. The van der Waals surface area contributed by atoms with E-state index >= 15 is 0 Å². The topological polar surface area (TPSA) is 41.4 Å². The van der Waals surface area contributed by atoms with Crippen LogP contribution in [0.5, 0.6) is 0 Å². The van der Waals surface area contributed by atoms with Gasteiger partial charge in [0.05, 0.1) is 16.8 Å². The molecule has 5 heteroatoms. The SMILES string of the molecule is CC[C@@H](C)N1C[C@]2(CCCN(Cc3cc(C)nn3C)C2)C1=O. The van der Waals surface area contributed by atoms with Crippen LogP contribution in [0.3, 0.4) is 0 Å². The van der Waals surface area contributed by atoms with E-state index in [0.29, 0.717) is 11.9 Å². The first-order valence-corrected chi connectivity index (χ1v) is 8.48. The van der Waals surface area contributed by atoms with Crippen LogP contribution in [0.2, 0.25) is 0 Å². The lowest BCUT2D eigenvalue weighted by molar-refractivity contribution is -0.170. The van der Waals surface area contributed by atoms with Gasteiger partial charge < -0.3 is 4.90 Å². The zero-order chi connectivity index (χ0) is 15.9. The van der Waals surface area contributed by atoms with Crippen molar-refractivity contribution in [2.45, 2.75) is 52.6 Å². The summed E-state index contributed by atoms with van der Waals surface area (Å²) >= 11 is 0. The molecule has 1 spiro atoms. The number of aryl methyl sites for hydroxylation is 2. The number of carbonyl (C=O) groups is 1. The molecule has 122 valence electrons. The molecule has 2 aliphatic rings. The fourth-order valence-corrected chi connectivity index (χ4v) is 3.96. The zero-order valence-corrected chi connectivity index (χ0v) is 14.3. The van der Waals surface area contributed by atoms with Crippen LogP contribution in [-0.2, 0) is 18.4 Å². The molecule has 5 nitrogen and oxygen atoms in total. The predicted octanol–water partition coefficient (Wildman–Crippen LogP) is 1.95. The summed E-state index contributed by atoms with van der Waals surface area (Å²) < 4.78 is 1.96. The fraction of sp³-hybridized carbons (Fsp3) is 0.765. The van der Waals surface area contributed by atoms with Gasteiger partial charge in [-0.2, -0.15) is 5.10 Å². The van der Waals surface area contributed by atoms with E-state index in [-0.39, 0.29) is 5.41 Å². The van der Waals surface area contributed by atoms with E-state index in [1.54, 1.807) is 0 Å². The van der Waals surface area contributed by atoms with Crippen LogP contribution in [0.25, 0.3) is 0 Å². The van der Waals surface area contributed by atoms with Gasteiger partial charge in [0.25, 0.3) is 0 Å². The largest absolute Gasteiger partial charge is 0.338 e. The number of nitrogens with zero attached hydrogens (tertiary/aromatic N) is 4. The van der Waals surface area contributed by atoms with Crippen molar-refractivity contribution in [1.82, 2.24) is 19.6 Å². The second-order valence-electron chi connectivity index (χ2n) is 7.19. The van der Waals surface area contributed by atoms with Crippen LogP contribution in [0, 0.1) is 12.3 Å². The van der Waals surface area contributed by atoms with Crippen LogP contribution >= 0.6 is 0 Å². The smallest absolute Gasteiger partial charge is 0.232 e. The van der Waals surface area contributed by atoms with Gasteiger partial charge in [0, 0.05) is 32.7 Å². The van der Waals surface area contributed by atoms with Crippen molar-refractivity contribution in [3.8, 4) is 0 Å². The van der Waals surface area contributed by atoms with Gasteiger partial charge in [-0.25, -0.2) is 0 Å². The Balaban J connectivity index is 1.65. The van der Waals surface area contributed by atoms with E-state index in [1.807, 2.05) is 18.7 Å². The van der Waals surface area contributed by atoms with E-state index in [1.165, 1.54) is 5.69 Å². The van der Waals surface area contributed by atoms with Crippen molar-refractivity contribution in [2.24, 2.45) is 12.5 Å². The van der Waals surface area contributed by atoms with Crippen molar-refractivity contribution in [2.75, 3.05) is 19.6 Å². The lowest BCUT2D eigenvalue weighted by Gasteiger charge is -2.55. The fourth-order valence-electron chi connectivity index (χ4n) is 3.96.